The number of hydrogen-bond donors (Lipinski definition) is 0. The minimum absolute atomic E-state index is 0.0543. The highest BCUT2D eigenvalue weighted by Gasteiger charge is 2.49. The van der Waals surface area contributed by atoms with Crippen molar-refractivity contribution in [3.63, 3.8) is 0 Å². The molecule has 14 rings (SSSR count). The molecule has 0 heteroatoms. The van der Waals surface area contributed by atoms with Crippen LogP contribution in [0.25, 0.3) is 66.1 Å². The Morgan fingerprint density at radius 2 is 0.769 bits per heavy atom. The van der Waals surface area contributed by atoms with E-state index in [4.69, 9.17) is 0 Å². The Bertz CT molecular complexity index is 3680. The first-order valence-corrected chi connectivity index (χ1v) is 23.0. The minimum Gasteiger partial charge on any atom is -0.0622 e. The van der Waals surface area contributed by atoms with E-state index < -0.39 is 5.41 Å². The zero-order valence-corrected chi connectivity index (χ0v) is 35.7. The lowest BCUT2D eigenvalue weighted by Crippen LogP contribution is -2.28. The van der Waals surface area contributed by atoms with Crippen LogP contribution in [0.3, 0.4) is 0 Å². The average molecular weight is 823 g/mol. The molecule has 0 radical (unpaired) electrons. The Kier molecular flexibility index (Phi) is 7.83. The minimum atomic E-state index is -0.469. The van der Waals surface area contributed by atoms with E-state index in [1.165, 1.54) is 122 Å². The van der Waals surface area contributed by atoms with E-state index in [1.54, 1.807) is 0 Å². The van der Waals surface area contributed by atoms with Gasteiger partial charge in [0.2, 0.25) is 0 Å². The van der Waals surface area contributed by atoms with Gasteiger partial charge in [-0.3, -0.25) is 0 Å². The summed E-state index contributed by atoms with van der Waals surface area (Å²) in [4.78, 5) is 0. The van der Waals surface area contributed by atoms with Gasteiger partial charge in [0, 0.05) is 11.8 Å². The van der Waals surface area contributed by atoms with E-state index >= 15 is 0 Å². The summed E-state index contributed by atoms with van der Waals surface area (Å²) in [7, 11) is 0. The molecule has 0 spiro atoms. The second kappa shape index (κ2) is 14.0. The molecule has 65 heavy (non-hydrogen) atoms. The number of fused-ring (bicyclic) bond motifs is 12. The zero-order chi connectivity index (χ0) is 42.6. The van der Waals surface area contributed by atoms with E-state index in [1.807, 2.05) is 0 Å². The van der Waals surface area contributed by atoms with Crippen LogP contribution in [0.2, 0.25) is 0 Å². The molecule has 3 aliphatic rings. The summed E-state index contributed by atoms with van der Waals surface area (Å²) in [6.45, 7) is 0. The lowest BCUT2D eigenvalue weighted by atomic mass is 9.67. The summed E-state index contributed by atoms with van der Waals surface area (Å²) in [6, 6.07) is 91.7. The molecule has 0 bridgehead atoms. The first-order chi connectivity index (χ1) is 32.2. The Balaban J connectivity index is 0.981. The molecule has 0 aromatic heterocycles. The molecule has 0 heterocycles. The molecule has 0 aliphatic heterocycles. The standard InChI is InChI=1S/C65H42/c1-3-19-49(20-4-1)65(50-21-5-2-6-22-50)59-26-14-13-25-56(59)63-60(65)36-35-55-58-40-46(32-34-54(58)62(64(55)63)48-30-28-42-16-8-10-18-44(42)38-48)45-31-33-53-57(39-45)51-23-11-12-24-52(51)61(53)47-29-27-41-15-7-9-17-43(41)37-47/h1-40,61-62H. The maximum Gasteiger partial charge on any atom is 0.0713 e. The Hall–Kier alpha value is -8.06. The van der Waals surface area contributed by atoms with Crippen molar-refractivity contribution in [2.45, 2.75) is 17.3 Å². The fraction of sp³-hybridized carbons (Fsp3) is 0.0462. The molecule has 0 nitrogen and oxygen atoms in total. The Morgan fingerprint density at radius 3 is 1.42 bits per heavy atom. The van der Waals surface area contributed by atoms with Gasteiger partial charge in [-0.15, -0.1) is 0 Å². The predicted molar refractivity (Wildman–Crippen MR) is 270 cm³/mol. The van der Waals surface area contributed by atoms with Crippen molar-refractivity contribution in [2.24, 2.45) is 0 Å². The van der Waals surface area contributed by atoms with Crippen LogP contribution in [0.5, 0.6) is 0 Å². The number of rotatable bonds is 5. The van der Waals surface area contributed by atoms with Crippen LogP contribution >= 0.6 is 0 Å². The first kappa shape index (κ1) is 36.4. The topological polar surface area (TPSA) is 0 Å². The average Bonchev–Trinajstić information content (AvgIpc) is 4.00. The van der Waals surface area contributed by atoms with Crippen LogP contribution in [-0.4, -0.2) is 0 Å². The molecule has 0 saturated heterocycles. The maximum atomic E-state index is 2.49. The SMILES string of the molecule is c1ccc(C2(c3ccccc3)c3ccccc3-c3c2ccc2c3C(c3ccc4ccccc4c3)c3ccc(-c4ccc5c(c4)-c4ccccc4C5c4ccc5ccccc5c4)cc3-2)cc1. The van der Waals surface area contributed by atoms with Crippen molar-refractivity contribution in [3.05, 3.63) is 298 Å². The molecule has 0 N–H and O–H groups in total. The van der Waals surface area contributed by atoms with E-state index in [9.17, 15) is 0 Å². The quantitative estimate of drug-likeness (QED) is 0.162. The zero-order valence-electron chi connectivity index (χ0n) is 35.7. The van der Waals surface area contributed by atoms with Crippen molar-refractivity contribution in [1.29, 1.82) is 0 Å². The molecule has 0 amide bonds. The van der Waals surface area contributed by atoms with Crippen LogP contribution < -0.4 is 0 Å². The molecular weight excluding hydrogens is 781 g/mol. The third kappa shape index (κ3) is 5.20. The van der Waals surface area contributed by atoms with Crippen molar-refractivity contribution >= 4 is 21.5 Å². The van der Waals surface area contributed by atoms with Gasteiger partial charge < -0.3 is 0 Å². The van der Waals surface area contributed by atoms with Gasteiger partial charge in [-0.2, -0.15) is 0 Å². The Labute approximate surface area is 379 Å². The highest BCUT2D eigenvalue weighted by atomic mass is 14.5. The van der Waals surface area contributed by atoms with Crippen LogP contribution in [0.4, 0.5) is 0 Å². The van der Waals surface area contributed by atoms with Gasteiger partial charge in [0.25, 0.3) is 0 Å². The van der Waals surface area contributed by atoms with Gasteiger partial charge in [0.1, 0.15) is 0 Å². The van der Waals surface area contributed by atoms with Gasteiger partial charge in [-0.25, -0.2) is 0 Å². The van der Waals surface area contributed by atoms with Crippen LogP contribution in [0.1, 0.15) is 67.5 Å². The van der Waals surface area contributed by atoms with E-state index in [-0.39, 0.29) is 11.8 Å². The van der Waals surface area contributed by atoms with Crippen LogP contribution in [0, 0.1) is 0 Å². The molecule has 11 aromatic rings. The highest BCUT2D eigenvalue weighted by molar-refractivity contribution is 5.98. The van der Waals surface area contributed by atoms with Crippen molar-refractivity contribution in [1.82, 2.24) is 0 Å². The van der Waals surface area contributed by atoms with Gasteiger partial charge in [0.05, 0.1) is 5.41 Å². The van der Waals surface area contributed by atoms with E-state index in [0.717, 1.165) is 0 Å². The maximum absolute atomic E-state index is 2.49. The molecule has 11 aromatic carbocycles. The summed E-state index contributed by atoms with van der Waals surface area (Å²) in [6.07, 6.45) is 0. The van der Waals surface area contributed by atoms with E-state index in [2.05, 4.69) is 243 Å². The van der Waals surface area contributed by atoms with Gasteiger partial charge in [-0.1, -0.05) is 231 Å². The molecule has 2 atom stereocenters. The monoisotopic (exact) mass is 822 g/mol. The summed E-state index contributed by atoms with van der Waals surface area (Å²) in [5.74, 6) is 0.247. The van der Waals surface area contributed by atoms with E-state index in [0.29, 0.717) is 0 Å². The molecule has 2 unspecified atom stereocenters. The third-order valence-corrected chi connectivity index (χ3v) is 15.1. The molecule has 302 valence electrons. The molecule has 0 fully saturated rings. The van der Waals surface area contributed by atoms with Gasteiger partial charge in [-0.05, 0) is 134 Å². The van der Waals surface area contributed by atoms with Crippen LogP contribution in [0.15, 0.2) is 243 Å². The van der Waals surface area contributed by atoms with Crippen LogP contribution in [-0.2, 0) is 5.41 Å². The van der Waals surface area contributed by atoms with Crippen molar-refractivity contribution in [2.75, 3.05) is 0 Å². The molecular formula is C65H42. The largest absolute Gasteiger partial charge is 0.0713 e. The predicted octanol–water partition coefficient (Wildman–Crippen LogP) is 16.3. The second-order valence-corrected chi connectivity index (χ2v) is 18.2. The number of benzene rings is 11. The van der Waals surface area contributed by atoms with Crippen molar-refractivity contribution < 1.29 is 0 Å². The summed E-state index contributed by atoms with van der Waals surface area (Å²) in [5, 5.41) is 5.10. The summed E-state index contributed by atoms with van der Waals surface area (Å²) in [5.41, 5.74) is 23.5. The summed E-state index contributed by atoms with van der Waals surface area (Å²) >= 11 is 0. The third-order valence-electron chi connectivity index (χ3n) is 15.1. The normalized spacial score (nSPS) is 15.8. The molecule has 3 aliphatic carbocycles. The highest BCUT2D eigenvalue weighted by Crippen LogP contribution is 2.62. The fourth-order valence-electron chi connectivity index (χ4n) is 12.3. The smallest absolute Gasteiger partial charge is 0.0622 e. The summed E-state index contributed by atoms with van der Waals surface area (Å²) < 4.78 is 0. The first-order valence-electron chi connectivity index (χ1n) is 23.0. The lowest BCUT2D eigenvalue weighted by Gasteiger charge is -2.34. The fourth-order valence-corrected chi connectivity index (χ4v) is 12.3. The van der Waals surface area contributed by atoms with Gasteiger partial charge >= 0.3 is 0 Å². The molecule has 0 saturated carbocycles. The Morgan fingerprint density at radius 1 is 0.277 bits per heavy atom. The van der Waals surface area contributed by atoms with Gasteiger partial charge in [0.15, 0.2) is 0 Å². The lowest BCUT2D eigenvalue weighted by molar-refractivity contribution is 0.767. The van der Waals surface area contributed by atoms with Crippen molar-refractivity contribution in [3.8, 4) is 44.5 Å². The number of hydrogen-bond acceptors (Lipinski definition) is 0. The second-order valence-electron chi connectivity index (χ2n) is 18.2.